The van der Waals surface area contributed by atoms with Crippen molar-refractivity contribution in [3.05, 3.63) is 0 Å². The Hall–Kier alpha value is -1.14. The first kappa shape index (κ1) is 19.9. The quantitative estimate of drug-likeness (QED) is 0.732. The van der Waals surface area contributed by atoms with Gasteiger partial charge in [0.15, 0.2) is 0 Å². The van der Waals surface area contributed by atoms with Gasteiger partial charge >= 0.3 is 6.03 Å². The van der Waals surface area contributed by atoms with Crippen LogP contribution in [-0.2, 0) is 9.59 Å². The van der Waals surface area contributed by atoms with Crippen molar-refractivity contribution >= 4 is 30.3 Å². The number of hydrogen-bond acceptors (Lipinski definition) is 4. The minimum absolute atomic E-state index is 0. The van der Waals surface area contributed by atoms with Crippen molar-refractivity contribution in [2.45, 2.75) is 51.5 Å². The lowest BCUT2D eigenvalue weighted by atomic mass is 9.78. The van der Waals surface area contributed by atoms with E-state index in [1.165, 1.54) is 11.9 Å². The summed E-state index contributed by atoms with van der Waals surface area (Å²) < 4.78 is 0. The second-order valence-electron chi connectivity index (χ2n) is 6.79. The second kappa shape index (κ2) is 7.62. The van der Waals surface area contributed by atoms with Crippen molar-refractivity contribution in [2.24, 2.45) is 5.41 Å². The van der Waals surface area contributed by atoms with Gasteiger partial charge in [0, 0.05) is 19.6 Å². The smallest absolute Gasteiger partial charge is 0.308 e. The molecule has 1 saturated heterocycles. The first-order chi connectivity index (χ1) is 10.3. The number of amides is 4. The fraction of sp³-hybridized carbons (Fsp3) is 0.812. The van der Waals surface area contributed by atoms with Crippen molar-refractivity contribution in [1.29, 1.82) is 0 Å². The predicted octanol–water partition coefficient (Wildman–Crippen LogP) is 2.12. The van der Waals surface area contributed by atoms with E-state index in [0.29, 0.717) is 13.0 Å². The molecule has 2 rings (SSSR count). The molecule has 1 atom stereocenters. The van der Waals surface area contributed by atoms with Gasteiger partial charge in [-0.3, -0.25) is 19.4 Å². The maximum absolute atomic E-state index is 13.1. The van der Waals surface area contributed by atoms with E-state index in [9.17, 15) is 14.4 Å². The van der Waals surface area contributed by atoms with Crippen LogP contribution in [0.5, 0.6) is 0 Å². The minimum atomic E-state index is -1.14. The molecule has 6 nitrogen and oxygen atoms in total. The van der Waals surface area contributed by atoms with Crippen molar-refractivity contribution in [3.8, 4) is 0 Å². The molecule has 23 heavy (non-hydrogen) atoms. The van der Waals surface area contributed by atoms with Crippen LogP contribution >= 0.6 is 12.4 Å². The molecule has 2 fully saturated rings. The zero-order valence-electron chi connectivity index (χ0n) is 14.5. The third-order valence-corrected chi connectivity index (χ3v) is 4.96. The summed E-state index contributed by atoms with van der Waals surface area (Å²) in [7, 11) is 5.19. The highest BCUT2D eigenvalue weighted by Gasteiger charge is 2.56. The lowest BCUT2D eigenvalue weighted by molar-refractivity contribution is -0.161. The summed E-state index contributed by atoms with van der Waals surface area (Å²) in [5.74, 6) is -0.672. The van der Waals surface area contributed by atoms with E-state index < -0.39 is 11.4 Å². The summed E-state index contributed by atoms with van der Waals surface area (Å²) in [6.07, 6.45) is 5.32. The van der Waals surface area contributed by atoms with E-state index in [0.717, 1.165) is 37.0 Å². The molecule has 1 aliphatic heterocycles. The minimum Gasteiger partial charge on any atom is -0.308 e. The van der Waals surface area contributed by atoms with Gasteiger partial charge in [-0.05, 0) is 33.4 Å². The monoisotopic (exact) mass is 345 g/mol. The molecule has 0 spiro atoms. The largest absolute Gasteiger partial charge is 0.333 e. The summed E-state index contributed by atoms with van der Waals surface area (Å²) >= 11 is 0. The fourth-order valence-electron chi connectivity index (χ4n) is 3.73. The molecule has 1 heterocycles. The molecule has 1 unspecified atom stereocenters. The van der Waals surface area contributed by atoms with Crippen LogP contribution in [-0.4, -0.2) is 66.3 Å². The average molecular weight is 346 g/mol. The maximum atomic E-state index is 13.1. The first-order valence-electron chi connectivity index (χ1n) is 8.15. The Balaban J connectivity index is 0.00000264. The van der Waals surface area contributed by atoms with Crippen LogP contribution in [0.4, 0.5) is 4.79 Å². The number of urea groups is 1. The molecular formula is C16H28ClN3O3. The molecule has 132 valence electrons. The molecule has 7 heteroatoms. The molecule has 0 N–H and O–H groups in total. The Labute approximate surface area is 144 Å². The van der Waals surface area contributed by atoms with Gasteiger partial charge in [-0.15, -0.1) is 12.4 Å². The Kier molecular flexibility index (Phi) is 6.59. The Morgan fingerprint density at radius 2 is 1.65 bits per heavy atom. The van der Waals surface area contributed by atoms with Crippen LogP contribution in [0.15, 0.2) is 0 Å². The second-order valence-corrected chi connectivity index (χ2v) is 6.79. The molecule has 1 aliphatic carbocycles. The summed E-state index contributed by atoms with van der Waals surface area (Å²) in [4.78, 5) is 42.7. The van der Waals surface area contributed by atoms with E-state index >= 15 is 0 Å². The number of barbiturate groups is 1. The standard InChI is InChI=1S/C16H27N3O3.ClH/c1-5-16(11-17(2)3)13(20)18(4)15(22)19(14(16)21)12-9-7-6-8-10-12;/h12H,5-11H2,1-4H3;1H. The first-order valence-corrected chi connectivity index (χ1v) is 8.15. The Bertz CT molecular complexity index is 477. The Morgan fingerprint density at radius 1 is 1.09 bits per heavy atom. The molecule has 0 aromatic rings. The van der Waals surface area contributed by atoms with Crippen LogP contribution in [0.25, 0.3) is 0 Å². The van der Waals surface area contributed by atoms with E-state index in [2.05, 4.69) is 0 Å². The van der Waals surface area contributed by atoms with Crippen molar-refractivity contribution < 1.29 is 14.4 Å². The van der Waals surface area contributed by atoms with Crippen LogP contribution in [0, 0.1) is 5.41 Å². The third kappa shape index (κ3) is 3.38. The van der Waals surface area contributed by atoms with Gasteiger partial charge < -0.3 is 4.90 Å². The summed E-state index contributed by atoms with van der Waals surface area (Å²) in [5, 5.41) is 0. The topological polar surface area (TPSA) is 60.9 Å². The molecule has 4 amide bonds. The number of imide groups is 2. The lowest BCUT2D eigenvalue weighted by Gasteiger charge is -2.46. The van der Waals surface area contributed by atoms with Crippen molar-refractivity contribution in [2.75, 3.05) is 27.7 Å². The van der Waals surface area contributed by atoms with Crippen LogP contribution in [0.2, 0.25) is 0 Å². The van der Waals surface area contributed by atoms with Crippen molar-refractivity contribution in [1.82, 2.24) is 14.7 Å². The normalized spacial score (nSPS) is 26.7. The number of hydrogen-bond donors (Lipinski definition) is 0. The van der Waals surface area contributed by atoms with Gasteiger partial charge in [0.1, 0.15) is 5.41 Å². The van der Waals surface area contributed by atoms with E-state index in [-0.39, 0.29) is 30.3 Å². The number of carbonyl (C=O) groups is 3. The molecule has 0 radical (unpaired) electrons. The van der Waals surface area contributed by atoms with Crippen LogP contribution in [0.1, 0.15) is 45.4 Å². The highest BCUT2D eigenvalue weighted by atomic mass is 35.5. The highest BCUT2D eigenvalue weighted by Crippen LogP contribution is 2.36. The van der Waals surface area contributed by atoms with Gasteiger partial charge in [-0.25, -0.2) is 4.79 Å². The lowest BCUT2D eigenvalue weighted by Crippen LogP contribution is -2.68. The highest BCUT2D eigenvalue weighted by molar-refractivity contribution is 6.19. The number of halogens is 1. The molecule has 2 aliphatic rings. The number of carbonyl (C=O) groups excluding carboxylic acids is 3. The van der Waals surface area contributed by atoms with Gasteiger partial charge in [0.25, 0.3) is 0 Å². The van der Waals surface area contributed by atoms with Gasteiger partial charge in [-0.1, -0.05) is 26.2 Å². The molecule has 1 saturated carbocycles. The molecule has 0 aromatic carbocycles. The maximum Gasteiger partial charge on any atom is 0.333 e. The summed E-state index contributed by atoms with van der Waals surface area (Å²) in [5.41, 5.74) is -1.14. The predicted molar refractivity (Wildman–Crippen MR) is 90.4 cm³/mol. The molecule has 0 aromatic heterocycles. The average Bonchev–Trinajstić information content (AvgIpc) is 2.50. The van der Waals surface area contributed by atoms with E-state index in [4.69, 9.17) is 0 Å². The van der Waals surface area contributed by atoms with Crippen LogP contribution in [0.3, 0.4) is 0 Å². The van der Waals surface area contributed by atoms with Gasteiger partial charge in [0.2, 0.25) is 11.8 Å². The number of nitrogens with zero attached hydrogens (tertiary/aromatic N) is 3. The fourth-order valence-corrected chi connectivity index (χ4v) is 3.73. The van der Waals surface area contributed by atoms with Gasteiger partial charge in [0.05, 0.1) is 0 Å². The number of rotatable bonds is 4. The zero-order chi connectivity index (χ0) is 16.5. The van der Waals surface area contributed by atoms with Crippen molar-refractivity contribution in [3.63, 3.8) is 0 Å². The SMILES string of the molecule is CCC1(CN(C)C)C(=O)N(C)C(=O)N(C2CCCCC2)C1=O.Cl. The Morgan fingerprint density at radius 3 is 2.13 bits per heavy atom. The molecule has 0 bridgehead atoms. The summed E-state index contributed by atoms with van der Waals surface area (Å²) in [6, 6.07) is -0.512. The van der Waals surface area contributed by atoms with Crippen LogP contribution < -0.4 is 0 Å². The summed E-state index contributed by atoms with van der Waals surface area (Å²) in [6.45, 7) is 2.18. The third-order valence-electron chi connectivity index (χ3n) is 4.96. The zero-order valence-corrected chi connectivity index (χ0v) is 15.3. The van der Waals surface area contributed by atoms with E-state index in [1.54, 1.807) is 0 Å². The van der Waals surface area contributed by atoms with E-state index in [1.807, 2.05) is 25.9 Å². The molecular weight excluding hydrogens is 318 g/mol. The van der Waals surface area contributed by atoms with Gasteiger partial charge in [-0.2, -0.15) is 0 Å².